The number of rotatable bonds is 5. The van der Waals surface area contributed by atoms with Crippen molar-refractivity contribution in [3.63, 3.8) is 0 Å². The normalized spacial score (nSPS) is 14.3. The van der Waals surface area contributed by atoms with Crippen LogP contribution in [-0.4, -0.2) is 45.2 Å². The second-order valence-corrected chi connectivity index (χ2v) is 10.1. The zero-order valence-electron chi connectivity index (χ0n) is 22.5. The lowest BCUT2D eigenvalue weighted by Gasteiger charge is -2.16. The van der Waals surface area contributed by atoms with Gasteiger partial charge in [-0.3, -0.25) is 14.3 Å². The predicted octanol–water partition coefficient (Wildman–Crippen LogP) is 4.07. The van der Waals surface area contributed by atoms with Crippen LogP contribution in [-0.2, 0) is 6.42 Å². The van der Waals surface area contributed by atoms with Gasteiger partial charge in [0.25, 0.3) is 5.91 Å². The molecule has 0 aliphatic heterocycles. The number of anilines is 1. The number of nitrogens with one attached hydrogen (secondary N) is 1. The van der Waals surface area contributed by atoms with Crippen molar-refractivity contribution in [2.45, 2.75) is 32.7 Å². The van der Waals surface area contributed by atoms with Crippen LogP contribution in [0, 0.1) is 13.8 Å². The number of hydrogen-bond donors (Lipinski definition) is 2. The van der Waals surface area contributed by atoms with Gasteiger partial charge in [0.1, 0.15) is 17.0 Å². The molecule has 5 heterocycles. The average molecular weight is 543 g/mol. The molecule has 6 aromatic rings. The molecular weight excluding hydrogens is 516 g/mol. The summed E-state index contributed by atoms with van der Waals surface area (Å²) >= 11 is 0. The van der Waals surface area contributed by atoms with E-state index in [-0.39, 0.29) is 11.9 Å². The van der Waals surface area contributed by atoms with E-state index in [1.165, 1.54) is 0 Å². The van der Waals surface area contributed by atoms with Crippen LogP contribution in [0.2, 0.25) is 0 Å². The number of carbonyl (C=O) groups is 1. The molecular formula is C30H26N10O. The quantitative estimate of drug-likeness (QED) is 0.332. The maximum absolute atomic E-state index is 13.1. The standard InChI is InChI=1S/C30H26N10O/c1-17-16-33-18(2)26(35-17)30(41)37-23-9-6-19-15-20(7-8-21(19)23)40-28(22-5-3-12-32-27(22)31)36-24-10-11-25(38-29(24)40)39-14-4-13-34-39/h3-5,7-8,10-16,23H,6,9H2,1-2H3,(H2,31,32)(H,37,41)/t23-/m0/s1. The van der Waals surface area contributed by atoms with E-state index in [9.17, 15) is 4.79 Å². The lowest BCUT2D eigenvalue weighted by atomic mass is 10.1. The predicted molar refractivity (Wildman–Crippen MR) is 154 cm³/mol. The lowest BCUT2D eigenvalue weighted by Crippen LogP contribution is -2.29. The summed E-state index contributed by atoms with van der Waals surface area (Å²) in [6.45, 7) is 3.62. The highest BCUT2D eigenvalue weighted by Gasteiger charge is 2.27. The van der Waals surface area contributed by atoms with Gasteiger partial charge in [-0.1, -0.05) is 6.07 Å². The van der Waals surface area contributed by atoms with E-state index in [4.69, 9.17) is 15.7 Å². The summed E-state index contributed by atoms with van der Waals surface area (Å²) in [6.07, 6.45) is 8.50. The molecule has 1 aliphatic carbocycles. The highest BCUT2D eigenvalue weighted by molar-refractivity contribution is 5.93. The van der Waals surface area contributed by atoms with Gasteiger partial charge in [0.15, 0.2) is 17.3 Å². The van der Waals surface area contributed by atoms with E-state index < -0.39 is 0 Å². The molecule has 0 radical (unpaired) electrons. The molecule has 202 valence electrons. The number of imidazole rings is 1. The molecule has 1 amide bonds. The Labute approximate surface area is 235 Å². The fourth-order valence-electron chi connectivity index (χ4n) is 5.38. The van der Waals surface area contributed by atoms with Gasteiger partial charge in [0, 0.05) is 30.5 Å². The molecule has 41 heavy (non-hydrogen) atoms. The first-order valence-electron chi connectivity index (χ1n) is 13.3. The van der Waals surface area contributed by atoms with Gasteiger partial charge in [-0.25, -0.2) is 24.6 Å². The number of carbonyl (C=O) groups excluding carboxylic acids is 1. The molecule has 1 aliphatic rings. The summed E-state index contributed by atoms with van der Waals surface area (Å²) in [5, 5.41) is 7.50. The minimum absolute atomic E-state index is 0.120. The van der Waals surface area contributed by atoms with Gasteiger partial charge in [-0.15, -0.1) is 0 Å². The van der Waals surface area contributed by atoms with Crippen LogP contribution in [0.1, 0.15) is 45.5 Å². The smallest absolute Gasteiger partial charge is 0.272 e. The number of nitrogens with zero attached hydrogens (tertiary/aromatic N) is 8. The Balaban J connectivity index is 1.31. The van der Waals surface area contributed by atoms with Crippen LogP contribution in [0.3, 0.4) is 0 Å². The summed E-state index contributed by atoms with van der Waals surface area (Å²) < 4.78 is 3.72. The number of amides is 1. The van der Waals surface area contributed by atoms with Crippen molar-refractivity contribution in [3.05, 3.63) is 102 Å². The van der Waals surface area contributed by atoms with E-state index in [0.717, 1.165) is 35.2 Å². The molecule has 0 saturated heterocycles. The number of benzene rings is 1. The fraction of sp³-hybridized carbons (Fsp3) is 0.167. The molecule has 5 aromatic heterocycles. The van der Waals surface area contributed by atoms with E-state index in [1.807, 2.05) is 54.1 Å². The number of hydrogen-bond acceptors (Lipinski definition) is 8. The average Bonchev–Trinajstić information content (AvgIpc) is 3.73. The first-order valence-corrected chi connectivity index (χ1v) is 13.3. The summed E-state index contributed by atoms with van der Waals surface area (Å²) in [7, 11) is 0. The Morgan fingerprint density at radius 2 is 1.93 bits per heavy atom. The molecule has 0 spiro atoms. The minimum atomic E-state index is -0.217. The maximum atomic E-state index is 13.1. The van der Waals surface area contributed by atoms with Crippen LogP contribution >= 0.6 is 0 Å². The highest BCUT2D eigenvalue weighted by atomic mass is 16.2. The largest absolute Gasteiger partial charge is 0.383 e. The van der Waals surface area contributed by atoms with Crippen LogP contribution in [0.25, 0.3) is 34.1 Å². The lowest BCUT2D eigenvalue weighted by molar-refractivity contribution is 0.0930. The molecule has 0 unspecified atom stereocenters. The molecule has 7 rings (SSSR count). The number of aromatic nitrogens is 8. The van der Waals surface area contributed by atoms with Gasteiger partial charge in [0.2, 0.25) is 0 Å². The third-order valence-corrected chi connectivity index (χ3v) is 7.37. The maximum Gasteiger partial charge on any atom is 0.272 e. The second-order valence-electron chi connectivity index (χ2n) is 10.1. The molecule has 1 aromatic carbocycles. The molecule has 1 atom stereocenters. The highest BCUT2D eigenvalue weighted by Crippen LogP contribution is 2.36. The number of aryl methyl sites for hydroxylation is 3. The van der Waals surface area contributed by atoms with Crippen molar-refractivity contribution in [2.75, 3.05) is 5.73 Å². The minimum Gasteiger partial charge on any atom is -0.383 e. The van der Waals surface area contributed by atoms with Gasteiger partial charge in [-0.05, 0) is 80.3 Å². The molecule has 0 bridgehead atoms. The van der Waals surface area contributed by atoms with E-state index in [0.29, 0.717) is 45.8 Å². The van der Waals surface area contributed by atoms with Crippen molar-refractivity contribution >= 4 is 22.9 Å². The van der Waals surface area contributed by atoms with E-state index in [1.54, 1.807) is 30.2 Å². The van der Waals surface area contributed by atoms with Crippen molar-refractivity contribution in [3.8, 4) is 22.9 Å². The summed E-state index contributed by atoms with van der Waals surface area (Å²) in [5.41, 5.74) is 13.2. The SMILES string of the molecule is Cc1cnc(C)c(C(=O)N[C@H]2CCc3cc(-n4c(-c5cccnc5N)nc5ccc(-n6cccn6)nc54)ccc32)n1. The third-order valence-electron chi connectivity index (χ3n) is 7.37. The van der Waals surface area contributed by atoms with Crippen molar-refractivity contribution in [1.82, 2.24) is 44.6 Å². The zero-order valence-corrected chi connectivity index (χ0v) is 22.5. The van der Waals surface area contributed by atoms with Gasteiger partial charge in [-0.2, -0.15) is 5.10 Å². The summed E-state index contributed by atoms with van der Waals surface area (Å²) in [4.78, 5) is 35.9. The monoisotopic (exact) mass is 542 g/mol. The Morgan fingerprint density at radius 1 is 1.02 bits per heavy atom. The van der Waals surface area contributed by atoms with Crippen molar-refractivity contribution < 1.29 is 4.79 Å². The summed E-state index contributed by atoms with van der Waals surface area (Å²) in [6, 6.07) is 15.5. The van der Waals surface area contributed by atoms with Gasteiger partial charge in [0.05, 0.1) is 23.0 Å². The third kappa shape index (κ3) is 4.27. The number of fused-ring (bicyclic) bond motifs is 2. The Hall–Kier alpha value is -5.45. The van der Waals surface area contributed by atoms with Crippen molar-refractivity contribution in [1.29, 1.82) is 0 Å². The first-order chi connectivity index (χ1) is 20.0. The topological polar surface area (TPSA) is 142 Å². The van der Waals surface area contributed by atoms with Crippen LogP contribution in [0.5, 0.6) is 0 Å². The Bertz CT molecular complexity index is 1940. The Morgan fingerprint density at radius 3 is 2.76 bits per heavy atom. The molecule has 0 saturated carbocycles. The van der Waals surface area contributed by atoms with Crippen LogP contribution < -0.4 is 11.1 Å². The zero-order chi connectivity index (χ0) is 28.1. The van der Waals surface area contributed by atoms with Gasteiger partial charge < -0.3 is 11.1 Å². The number of nitrogens with two attached hydrogens (primary N) is 1. The second kappa shape index (κ2) is 9.63. The van der Waals surface area contributed by atoms with Crippen LogP contribution in [0.4, 0.5) is 5.82 Å². The van der Waals surface area contributed by atoms with E-state index >= 15 is 0 Å². The van der Waals surface area contributed by atoms with Gasteiger partial charge >= 0.3 is 0 Å². The van der Waals surface area contributed by atoms with E-state index in [2.05, 4.69) is 37.5 Å². The van der Waals surface area contributed by atoms with Crippen LogP contribution in [0.15, 0.2) is 73.3 Å². The molecule has 11 nitrogen and oxygen atoms in total. The molecule has 0 fully saturated rings. The first kappa shape index (κ1) is 24.6. The molecule has 11 heteroatoms. The fourth-order valence-corrected chi connectivity index (χ4v) is 5.38. The summed E-state index contributed by atoms with van der Waals surface area (Å²) in [5.74, 6) is 1.49. The Kier molecular flexibility index (Phi) is 5.77. The number of nitrogen functional groups attached to an aromatic ring is 1. The van der Waals surface area contributed by atoms with Crippen molar-refractivity contribution in [2.24, 2.45) is 0 Å². The number of pyridine rings is 2. The molecule has 3 N–H and O–H groups in total.